The second-order valence-corrected chi connectivity index (χ2v) is 6.52. The SMILES string of the molecule is COc1ccc(OC)c(CNC(=O)CCn2c(=S)[nH]c3ccccc3c2=O)c1. The van der Waals surface area contributed by atoms with Crippen molar-refractivity contribution in [1.29, 1.82) is 0 Å². The van der Waals surface area contributed by atoms with Gasteiger partial charge in [-0.05, 0) is 42.5 Å². The van der Waals surface area contributed by atoms with Gasteiger partial charge in [0.1, 0.15) is 11.5 Å². The highest BCUT2D eigenvalue weighted by Gasteiger charge is 2.10. The van der Waals surface area contributed by atoms with Crippen molar-refractivity contribution < 1.29 is 14.3 Å². The number of carbonyl (C=O) groups is 1. The second-order valence-electron chi connectivity index (χ2n) is 6.14. The topological polar surface area (TPSA) is 85.3 Å². The molecule has 0 aliphatic carbocycles. The predicted octanol–water partition coefficient (Wildman–Crippen LogP) is 2.78. The Labute approximate surface area is 166 Å². The minimum absolute atomic E-state index is 0.127. The number of para-hydroxylation sites is 1. The standard InChI is InChI=1S/C20H21N3O4S/c1-26-14-7-8-17(27-2)13(11-14)12-21-18(24)9-10-23-19(25)15-5-3-4-6-16(15)22-20(23)28/h3-8,11H,9-10,12H2,1-2H3,(H,21,24)(H,22,28). The molecule has 1 aromatic heterocycles. The Balaban J connectivity index is 1.68. The summed E-state index contributed by atoms with van der Waals surface area (Å²) in [5.74, 6) is 1.15. The van der Waals surface area contributed by atoms with Crippen molar-refractivity contribution in [3.8, 4) is 11.5 Å². The average Bonchev–Trinajstić information content (AvgIpc) is 2.71. The maximum atomic E-state index is 12.6. The molecule has 1 heterocycles. The van der Waals surface area contributed by atoms with Crippen LogP contribution in [0.15, 0.2) is 47.3 Å². The molecule has 28 heavy (non-hydrogen) atoms. The summed E-state index contributed by atoms with van der Waals surface area (Å²) in [5, 5.41) is 3.38. The molecule has 1 amide bonds. The molecular weight excluding hydrogens is 378 g/mol. The minimum atomic E-state index is -0.207. The van der Waals surface area contributed by atoms with E-state index in [1.54, 1.807) is 44.6 Å². The van der Waals surface area contributed by atoms with Crippen LogP contribution in [0.2, 0.25) is 0 Å². The van der Waals surface area contributed by atoms with E-state index in [0.29, 0.717) is 33.7 Å². The molecule has 2 N–H and O–H groups in total. The van der Waals surface area contributed by atoms with E-state index >= 15 is 0 Å². The lowest BCUT2D eigenvalue weighted by Crippen LogP contribution is -2.28. The normalized spacial score (nSPS) is 10.6. The summed E-state index contributed by atoms with van der Waals surface area (Å²) >= 11 is 5.27. The summed E-state index contributed by atoms with van der Waals surface area (Å²) in [7, 11) is 3.15. The molecule has 7 nitrogen and oxygen atoms in total. The Bertz CT molecular complexity index is 1120. The van der Waals surface area contributed by atoms with Gasteiger partial charge in [0.15, 0.2) is 4.77 Å². The molecule has 3 aromatic rings. The molecule has 0 saturated heterocycles. The van der Waals surface area contributed by atoms with Crippen molar-refractivity contribution in [1.82, 2.24) is 14.9 Å². The van der Waals surface area contributed by atoms with Crippen LogP contribution in [0, 0.1) is 4.77 Å². The molecule has 0 fully saturated rings. The number of carbonyl (C=O) groups excluding carboxylic acids is 1. The summed E-state index contributed by atoms with van der Waals surface area (Å²) in [6, 6.07) is 12.5. The smallest absolute Gasteiger partial charge is 0.262 e. The monoisotopic (exact) mass is 399 g/mol. The second kappa shape index (κ2) is 8.71. The molecule has 2 aromatic carbocycles. The number of nitrogens with zero attached hydrogens (tertiary/aromatic N) is 1. The van der Waals surface area contributed by atoms with Crippen molar-refractivity contribution >= 4 is 29.0 Å². The van der Waals surface area contributed by atoms with Crippen molar-refractivity contribution in [3.63, 3.8) is 0 Å². The lowest BCUT2D eigenvalue weighted by atomic mass is 10.2. The lowest BCUT2D eigenvalue weighted by Gasteiger charge is -2.12. The van der Waals surface area contributed by atoms with E-state index in [4.69, 9.17) is 21.7 Å². The van der Waals surface area contributed by atoms with Crippen LogP contribution < -0.4 is 20.3 Å². The van der Waals surface area contributed by atoms with Crippen LogP contribution in [-0.4, -0.2) is 29.7 Å². The van der Waals surface area contributed by atoms with Gasteiger partial charge in [-0.3, -0.25) is 14.2 Å². The number of hydrogen-bond acceptors (Lipinski definition) is 5. The number of hydrogen-bond donors (Lipinski definition) is 2. The first-order valence-corrected chi connectivity index (χ1v) is 9.13. The van der Waals surface area contributed by atoms with Gasteiger partial charge in [-0.25, -0.2) is 0 Å². The summed E-state index contributed by atoms with van der Waals surface area (Å²) in [6.07, 6.45) is 0.127. The number of amides is 1. The van der Waals surface area contributed by atoms with Gasteiger partial charge < -0.3 is 19.8 Å². The van der Waals surface area contributed by atoms with E-state index in [0.717, 1.165) is 5.56 Å². The van der Waals surface area contributed by atoms with E-state index < -0.39 is 0 Å². The third kappa shape index (κ3) is 4.23. The molecule has 0 saturated carbocycles. The highest BCUT2D eigenvalue weighted by molar-refractivity contribution is 7.71. The summed E-state index contributed by atoms with van der Waals surface area (Å²) in [6.45, 7) is 0.485. The van der Waals surface area contributed by atoms with Gasteiger partial charge in [0, 0.05) is 25.1 Å². The van der Waals surface area contributed by atoms with E-state index in [9.17, 15) is 9.59 Å². The molecular formula is C20H21N3O4S. The molecule has 0 atom stereocenters. The maximum absolute atomic E-state index is 12.6. The number of H-pyrrole nitrogens is 1. The van der Waals surface area contributed by atoms with Gasteiger partial charge in [-0.15, -0.1) is 0 Å². The molecule has 0 spiro atoms. The zero-order valence-electron chi connectivity index (χ0n) is 15.7. The first kappa shape index (κ1) is 19.6. The number of ether oxygens (including phenoxy) is 2. The fourth-order valence-corrected chi connectivity index (χ4v) is 3.20. The Morgan fingerprint density at radius 2 is 1.96 bits per heavy atom. The number of nitrogens with one attached hydrogen (secondary N) is 2. The number of benzene rings is 2. The Hall–Kier alpha value is -3.13. The molecule has 0 radical (unpaired) electrons. The fraction of sp³-hybridized carbons (Fsp3) is 0.250. The molecule has 3 rings (SSSR count). The number of rotatable bonds is 7. The highest BCUT2D eigenvalue weighted by Crippen LogP contribution is 2.23. The van der Waals surface area contributed by atoms with Crippen molar-refractivity contribution in [2.75, 3.05) is 14.2 Å². The predicted molar refractivity (Wildman–Crippen MR) is 109 cm³/mol. The average molecular weight is 399 g/mol. The van der Waals surface area contributed by atoms with Gasteiger partial charge in [0.05, 0.1) is 25.1 Å². The largest absolute Gasteiger partial charge is 0.497 e. The molecule has 0 bridgehead atoms. The van der Waals surface area contributed by atoms with Crippen molar-refractivity contribution in [2.24, 2.45) is 0 Å². The number of aromatic amines is 1. The summed E-state index contributed by atoms with van der Waals surface area (Å²) < 4.78 is 12.2. The lowest BCUT2D eigenvalue weighted by molar-refractivity contribution is -0.121. The Morgan fingerprint density at radius 1 is 1.18 bits per heavy atom. The fourth-order valence-electron chi connectivity index (χ4n) is 2.92. The Morgan fingerprint density at radius 3 is 2.71 bits per heavy atom. The van der Waals surface area contributed by atoms with E-state index in [1.807, 2.05) is 12.1 Å². The maximum Gasteiger partial charge on any atom is 0.262 e. The number of methoxy groups -OCH3 is 2. The molecule has 146 valence electrons. The first-order valence-electron chi connectivity index (χ1n) is 8.73. The third-order valence-corrected chi connectivity index (χ3v) is 4.74. The number of fused-ring (bicyclic) bond motifs is 1. The van der Waals surface area contributed by atoms with Crippen LogP contribution in [0.25, 0.3) is 10.9 Å². The zero-order valence-corrected chi connectivity index (χ0v) is 16.5. The quantitative estimate of drug-likeness (QED) is 0.597. The van der Waals surface area contributed by atoms with Crippen LogP contribution in [0.4, 0.5) is 0 Å². The van der Waals surface area contributed by atoms with Crippen molar-refractivity contribution in [3.05, 3.63) is 63.2 Å². The molecule has 0 unspecified atom stereocenters. The van der Waals surface area contributed by atoms with Crippen LogP contribution >= 0.6 is 12.2 Å². The number of aromatic nitrogens is 2. The van der Waals surface area contributed by atoms with Gasteiger partial charge >= 0.3 is 0 Å². The minimum Gasteiger partial charge on any atom is -0.497 e. The van der Waals surface area contributed by atoms with Gasteiger partial charge in [0.2, 0.25) is 5.91 Å². The van der Waals surface area contributed by atoms with Crippen LogP contribution in [-0.2, 0) is 17.9 Å². The van der Waals surface area contributed by atoms with Crippen LogP contribution in [0.5, 0.6) is 11.5 Å². The highest BCUT2D eigenvalue weighted by atomic mass is 32.1. The van der Waals surface area contributed by atoms with Crippen LogP contribution in [0.3, 0.4) is 0 Å². The van der Waals surface area contributed by atoms with Gasteiger partial charge in [0.25, 0.3) is 5.56 Å². The summed E-state index contributed by atoms with van der Waals surface area (Å²) in [5.41, 5.74) is 1.28. The Kier molecular flexibility index (Phi) is 6.10. The molecule has 0 aliphatic heterocycles. The van der Waals surface area contributed by atoms with E-state index in [1.165, 1.54) is 4.57 Å². The van der Waals surface area contributed by atoms with Gasteiger partial charge in [-0.2, -0.15) is 0 Å². The third-order valence-electron chi connectivity index (χ3n) is 4.42. The summed E-state index contributed by atoms with van der Waals surface area (Å²) in [4.78, 5) is 27.9. The van der Waals surface area contributed by atoms with Crippen molar-refractivity contribution in [2.45, 2.75) is 19.5 Å². The zero-order chi connectivity index (χ0) is 20.1. The molecule has 0 aliphatic rings. The molecule has 8 heteroatoms. The van der Waals surface area contributed by atoms with Crippen LogP contribution in [0.1, 0.15) is 12.0 Å². The van der Waals surface area contributed by atoms with E-state index in [2.05, 4.69) is 10.3 Å². The van der Waals surface area contributed by atoms with Gasteiger partial charge in [-0.1, -0.05) is 12.1 Å². The first-order chi connectivity index (χ1) is 13.5. The van der Waals surface area contributed by atoms with E-state index in [-0.39, 0.29) is 24.4 Å².